The SMILES string of the molecule is CCCc1ccc(-c2ccc(C(=O)NCCC(=O)NC(C=O)CCCC[NH3+])cc2)cc1.O=C([O-])C(F)(F)F. The van der Waals surface area contributed by atoms with Gasteiger partial charge in [-0.15, -0.1) is 0 Å². The standard InChI is InChI=1S/C25H33N3O3.C2HF3O2/c1-2-5-19-7-9-20(10-8-19)21-11-13-22(14-12-21)25(31)27-17-15-24(30)28-23(18-29)6-3-4-16-26;3-2(4,5)1(6)7/h7-14,18,23H,2-6,15-17,26H2,1H3,(H,27,31)(H,28,30);(H,6,7). The second kappa shape index (κ2) is 16.9. The van der Waals surface area contributed by atoms with Crippen molar-refractivity contribution >= 4 is 24.1 Å². The molecule has 0 spiro atoms. The molecule has 0 aliphatic heterocycles. The molecule has 1 unspecified atom stereocenters. The third-order valence-electron chi connectivity index (χ3n) is 5.37. The van der Waals surface area contributed by atoms with Crippen LogP contribution >= 0.6 is 0 Å². The van der Waals surface area contributed by atoms with Gasteiger partial charge in [-0.3, -0.25) is 9.59 Å². The predicted octanol–water partition coefficient (Wildman–Crippen LogP) is 1.82. The van der Waals surface area contributed by atoms with E-state index in [-0.39, 0.29) is 24.8 Å². The Morgan fingerprint density at radius 3 is 2.03 bits per heavy atom. The van der Waals surface area contributed by atoms with Gasteiger partial charge in [-0.1, -0.05) is 49.7 Å². The van der Waals surface area contributed by atoms with E-state index in [0.29, 0.717) is 12.0 Å². The lowest BCUT2D eigenvalue weighted by atomic mass is 10.0. The monoisotopic (exact) mass is 537 g/mol. The molecular weight excluding hydrogens is 503 g/mol. The van der Waals surface area contributed by atoms with E-state index in [0.717, 1.165) is 49.6 Å². The number of benzene rings is 2. The number of aldehydes is 1. The molecule has 5 N–H and O–H groups in total. The molecule has 0 saturated carbocycles. The fourth-order valence-electron chi connectivity index (χ4n) is 3.35. The first kappa shape index (κ1) is 32.3. The molecule has 208 valence electrons. The molecule has 0 saturated heterocycles. The summed E-state index contributed by atoms with van der Waals surface area (Å²) in [6.07, 6.45) is 0.294. The predicted molar refractivity (Wildman–Crippen MR) is 133 cm³/mol. The number of alkyl halides is 3. The molecule has 0 heterocycles. The molecule has 0 fully saturated rings. The first-order valence-corrected chi connectivity index (χ1v) is 12.3. The van der Waals surface area contributed by atoms with Crippen LogP contribution in [0.1, 0.15) is 54.9 Å². The Kier molecular flexibility index (Phi) is 14.4. The zero-order valence-corrected chi connectivity index (χ0v) is 21.3. The molecule has 8 nitrogen and oxygen atoms in total. The van der Waals surface area contributed by atoms with E-state index in [4.69, 9.17) is 9.90 Å². The van der Waals surface area contributed by atoms with E-state index in [2.05, 4.69) is 47.6 Å². The average molecular weight is 538 g/mol. The minimum Gasteiger partial charge on any atom is -0.542 e. The van der Waals surface area contributed by atoms with Gasteiger partial charge in [0.25, 0.3) is 5.91 Å². The molecule has 38 heavy (non-hydrogen) atoms. The molecule has 0 aliphatic rings. The molecule has 1 atom stereocenters. The van der Waals surface area contributed by atoms with Gasteiger partial charge < -0.3 is 31.1 Å². The fraction of sp³-hybridized carbons (Fsp3) is 0.407. The van der Waals surface area contributed by atoms with Crippen molar-refractivity contribution in [3.05, 3.63) is 59.7 Å². The first-order valence-electron chi connectivity index (χ1n) is 12.3. The van der Waals surface area contributed by atoms with Crippen molar-refractivity contribution in [2.45, 2.75) is 57.7 Å². The summed E-state index contributed by atoms with van der Waals surface area (Å²) < 4.78 is 31.5. The van der Waals surface area contributed by atoms with Gasteiger partial charge in [0.15, 0.2) is 0 Å². The Bertz CT molecular complexity index is 1030. The highest BCUT2D eigenvalue weighted by atomic mass is 19.4. The van der Waals surface area contributed by atoms with Crippen molar-refractivity contribution in [2.75, 3.05) is 13.1 Å². The van der Waals surface area contributed by atoms with Gasteiger partial charge in [0.2, 0.25) is 5.91 Å². The number of nitrogens with one attached hydrogen (secondary N) is 2. The largest absolute Gasteiger partial charge is 0.542 e. The molecule has 2 amide bonds. The van der Waals surface area contributed by atoms with Crippen LogP contribution in [-0.2, 0) is 20.8 Å². The minimum absolute atomic E-state index is 0.133. The summed E-state index contributed by atoms with van der Waals surface area (Å²) in [6.45, 7) is 3.20. The lowest BCUT2D eigenvalue weighted by molar-refractivity contribution is -0.368. The highest BCUT2D eigenvalue weighted by Crippen LogP contribution is 2.21. The van der Waals surface area contributed by atoms with E-state index < -0.39 is 18.2 Å². The average Bonchev–Trinajstić information content (AvgIpc) is 2.88. The Hall–Kier alpha value is -3.73. The maximum atomic E-state index is 12.3. The van der Waals surface area contributed by atoms with Gasteiger partial charge in [-0.2, -0.15) is 13.2 Å². The smallest absolute Gasteiger partial charge is 0.430 e. The fourth-order valence-corrected chi connectivity index (χ4v) is 3.35. The second-order valence-electron chi connectivity index (χ2n) is 8.47. The van der Waals surface area contributed by atoms with E-state index in [9.17, 15) is 27.6 Å². The number of hydrogen-bond acceptors (Lipinski definition) is 5. The number of amides is 2. The second-order valence-corrected chi connectivity index (χ2v) is 8.47. The van der Waals surface area contributed by atoms with Crippen molar-refractivity contribution in [1.82, 2.24) is 10.6 Å². The number of rotatable bonds is 13. The Morgan fingerprint density at radius 1 is 1.00 bits per heavy atom. The Labute approximate surface area is 219 Å². The third kappa shape index (κ3) is 12.5. The molecule has 2 rings (SSSR count). The maximum absolute atomic E-state index is 12.3. The zero-order valence-electron chi connectivity index (χ0n) is 21.3. The van der Waals surface area contributed by atoms with Crippen LogP contribution in [0.4, 0.5) is 13.2 Å². The molecule has 0 aromatic heterocycles. The number of halogens is 3. The van der Waals surface area contributed by atoms with Crippen molar-refractivity contribution in [3.63, 3.8) is 0 Å². The third-order valence-corrected chi connectivity index (χ3v) is 5.37. The van der Waals surface area contributed by atoms with Gasteiger partial charge in [0.1, 0.15) is 12.3 Å². The minimum atomic E-state index is -5.19. The van der Waals surface area contributed by atoms with Crippen LogP contribution in [-0.4, -0.2) is 49.4 Å². The van der Waals surface area contributed by atoms with Crippen molar-refractivity contribution in [3.8, 4) is 11.1 Å². The van der Waals surface area contributed by atoms with E-state index >= 15 is 0 Å². The van der Waals surface area contributed by atoms with Crippen molar-refractivity contribution in [1.29, 1.82) is 0 Å². The van der Waals surface area contributed by atoms with Gasteiger partial charge in [0, 0.05) is 18.5 Å². The van der Waals surface area contributed by atoms with E-state index in [1.165, 1.54) is 5.56 Å². The lowest BCUT2D eigenvalue weighted by Gasteiger charge is -2.12. The highest BCUT2D eigenvalue weighted by molar-refractivity contribution is 5.95. The van der Waals surface area contributed by atoms with Gasteiger partial charge in [-0.25, -0.2) is 0 Å². The summed E-state index contributed by atoms with van der Waals surface area (Å²) in [5, 5.41) is 14.2. The van der Waals surface area contributed by atoms with Crippen molar-refractivity contribution < 1.29 is 43.2 Å². The van der Waals surface area contributed by atoms with Crippen LogP contribution in [0.5, 0.6) is 0 Å². The Balaban J connectivity index is 0.000000905. The number of carboxylic acids is 1. The first-order chi connectivity index (χ1) is 18.0. The number of carbonyl (C=O) groups excluding carboxylic acids is 4. The summed E-state index contributed by atoms with van der Waals surface area (Å²) in [4.78, 5) is 44.2. The summed E-state index contributed by atoms with van der Waals surface area (Å²) in [5.41, 5.74) is 7.80. The maximum Gasteiger partial charge on any atom is 0.430 e. The van der Waals surface area contributed by atoms with E-state index in [1.807, 2.05) is 12.1 Å². The number of hydrogen-bond donors (Lipinski definition) is 3. The van der Waals surface area contributed by atoms with Crippen LogP contribution in [0.15, 0.2) is 48.5 Å². The van der Waals surface area contributed by atoms with Crippen LogP contribution in [0, 0.1) is 0 Å². The lowest BCUT2D eigenvalue weighted by Crippen LogP contribution is -2.50. The van der Waals surface area contributed by atoms with Gasteiger partial charge in [0.05, 0.1) is 12.6 Å². The number of aryl methyl sites for hydroxylation is 1. The number of carboxylic acid groups (broad SMARTS) is 1. The van der Waals surface area contributed by atoms with Gasteiger partial charge in [-0.05, 0) is 54.5 Å². The quantitative estimate of drug-likeness (QED) is 0.264. The number of quaternary nitrogens is 1. The molecule has 11 heteroatoms. The number of aliphatic carboxylic acids is 1. The van der Waals surface area contributed by atoms with E-state index in [1.54, 1.807) is 12.1 Å². The van der Waals surface area contributed by atoms with Crippen LogP contribution in [0.2, 0.25) is 0 Å². The topological polar surface area (TPSA) is 143 Å². The highest BCUT2D eigenvalue weighted by Gasteiger charge is 2.28. The molecule has 0 radical (unpaired) electrons. The molecule has 0 bridgehead atoms. The summed E-state index contributed by atoms with van der Waals surface area (Å²) >= 11 is 0. The molecule has 2 aromatic carbocycles. The number of carbonyl (C=O) groups is 4. The molecule has 2 aromatic rings. The van der Waals surface area contributed by atoms with Crippen LogP contribution in [0.25, 0.3) is 11.1 Å². The summed E-state index contributed by atoms with van der Waals surface area (Å²) in [5.74, 6) is -3.47. The zero-order chi connectivity index (χ0) is 28.6. The normalized spacial score (nSPS) is 11.5. The molecular formula is C27H34F3N3O5. The number of unbranched alkanes of at least 4 members (excludes halogenated alkanes) is 1. The van der Waals surface area contributed by atoms with Crippen LogP contribution in [0.3, 0.4) is 0 Å². The van der Waals surface area contributed by atoms with Crippen LogP contribution < -0.4 is 21.5 Å². The summed E-state index contributed by atoms with van der Waals surface area (Å²) in [7, 11) is 0. The van der Waals surface area contributed by atoms with Gasteiger partial charge >= 0.3 is 6.18 Å². The van der Waals surface area contributed by atoms with Crippen molar-refractivity contribution in [2.24, 2.45) is 0 Å². The molecule has 0 aliphatic carbocycles. The summed E-state index contributed by atoms with van der Waals surface area (Å²) in [6, 6.07) is 15.4. The Morgan fingerprint density at radius 2 is 1.55 bits per heavy atom.